The highest BCUT2D eigenvalue weighted by molar-refractivity contribution is 5.79. The molecule has 0 aromatic carbocycles. The van der Waals surface area contributed by atoms with Gasteiger partial charge in [-0.2, -0.15) is 0 Å². The molecule has 1 rings (SSSR count). The lowest BCUT2D eigenvalue weighted by Crippen LogP contribution is -2.40. The van der Waals surface area contributed by atoms with Gasteiger partial charge in [-0.15, -0.1) is 0 Å². The van der Waals surface area contributed by atoms with E-state index in [0.29, 0.717) is 5.92 Å². The molecule has 0 radical (unpaired) electrons. The van der Waals surface area contributed by atoms with Gasteiger partial charge in [-0.25, -0.2) is 0 Å². The first-order valence-electron chi connectivity index (χ1n) is 6.89. The molecular weight excluding hydrogens is 214 g/mol. The Kier molecular flexibility index (Phi) is 7.80. The molecule has 4 nitrogen and oxygen atoms in total. The molecule has 4 heteroatoms. The Morgan fingerprint density at radius 2 is 2.18 bits per heavy atom. The van der Waals surface area contributed by atoms with Gasteiger partial charge in [0.05, 0.1) is 6.61 Å². The fourth-order valence-electron chi connectivity index (χ4n) is 1.96. The molecule has 1 unspecified atom stereocenters. The van der Waals surface area contributed by atoms with Gasteiger partial charge in [0.1, 0.15) is 0 Å². The van der Waals surface area contributed by atoms with Crippen molar-refractivity contribution in [3.8, 4) is 0 Å². The Morgan fingerprint density at radius 1 is 1.29 bits per heavy atom. The molecule has 0 amide bonds. The van der Waals surface area contributed by atoms with Crippen molar-refractivity contribution in [2.75, 3.05) is 33.4 Å². The molecule has 0 aromatic rings. The molecule has 0 saturated carbocycles. The van der Waals surface area contributed by atoms with Crippen LogP contribution in [0.3, 0.4) is 0 Å². The fourth-order valence-corrected chi connectivity index (χ4v) is 1.96. The average Bonchev–Trinajstić information content (AvgIpc) is 2.86. The van der Waals surface area contributed by atoms with Gasteiger partial charge in [0.2, 0.25) is 0 Å². The molecule has 0 aliphatic carbocycles. The smallest absolute Gasteiger partial charge is 0.190 e. The van der Waals surface area contributed by atoms with Crippen LogP contribution in [-0.4, -0.2) is 39.3 Å². The molecule has 100 valence electrons. The highest BCUT2D eigenvalue weighted by Gasteiger charge is 2.15. The monoisotopic (exact) mass is 241 g/mol. The normalized spacial score (nSPS) is 20.6. The second-order valence-electron chi connectivity index (χ2n) is 4.67. The van der Waals surface area contributed by atoms with Crippen LogP contribution < -0.4 is 10.6 Å². The molecule has 2 N–H and O–H groups in total. The first-order valence-corrected chi connectivity index (χ1v) is 6.89. The van der Waals surface area contributed by atoms with Gasteiger partial charge in [0.25, 0.3) is 0 Å². The number of guanidine groups is 1. The van der Waals surface area contributed by atoms with Gasteiger partial charge in [-0.3, -0.25) is 4.99 Å². The molecule has 1 atom stereocenters. The molecule has 17 heavy (non-hydrogen) atoms. The summed E-state index contributed by atoms with van der Waals surface area (Å²) in [6.07, 6.45) is 6.31. The van der Waals surface area contributed by atoms with E-state index >= 15 is 0 Å². The molecule has 1 saturated heterocycles. The van der Waals surface area contributed by atoms with Crippen molar-refractivity contribution >= 4 is 5.96 Å². The molecule has 0 aromatic heterocycles. The van der Waals surface area contributed by atoms with Crippen molar-refractivity contribution in [3.63, 3.8) is 0 Å². The number of nitrogens with zero attached hydrogens (tertiary/aromatic N) is 1. The Labute approximate surface area is 105 Å². The lowest BCUT2D eigenvalue weighted by Gasteiger charge is -2.14. The summed E-state index contributed by atoms with van der Waals surface area (Å²) in [5.41, 5.74) is 0. The molecular formula is C13H27N3O. The summed E-state index contributed by atoms with van der Waals surface area (Å²) < 4.78 is 5.35. The third-order valence-corrected chi connectivity index (χ3v) is 3.13. The van der Waals surface area contributed by atoms with Crippen LogP contribution in [0.2, 0.25) is 0 Å². The maximum Gasteiger partial charge on any atom is 0.190 e. The van der Waals surface area contributed by atoms with Crippen LogP contribution in [0.1, 0.15) is 39.0 Å². The highest BCUT2D eigenvalue weighted by Crippen LogP contribution is 2.10. The topological polar surface area (TPSA) is 45.7 Å². The van der Waals surface area contributed by atoms with Crippen LogP contribution in [0.25, 0.3) is 0 Å². The second kappa shape index (κ2) is 9.28. The van der Waals surface area contributed by atoms with E-state index < -0.39 is 0 Å². The Morgan fingerprint density at radius 3 is 2.82 bits per heavy atom. The SMILES string of the molecule is CCCCCCNC(=NC)NCC1CCOC1. The van der Waals surface area contributed by atoms with E-state index in [4.69, 9.17) is 4.74 Å². The predicted molar refractivity (Wildman–Crippen MR) is 72.4 cm³/mol. The van der Waals surface area contributed by atoms with Gasteiger partial charge in [0.15, 0.2) is 5.96 Å². The summed E-state index contributed by atoms with van der Waals surface area (Å²) in [6, 6.07) is 0. The number of nitrogens with one attached hydrogen (secondary N) is 2. The molecule has 1 fully saturated rings. The second-order valence-corrected chi connectivity index (χ2v) is 4.67. The van der Waals surface area contributed by atoms with Gasteiger partial charge in [0, 0.05) is 32.7 Å². The van der Waals surface area contributed by atoms with Crippen LogP contribution in [-0.2, 0) is 4.74 Å². The average molecular weight is 241 g/mol. The van der Waals surface area contributed by atoms with E-state index in [1.807, 2.05) is 7.05 Å². The maximum atomic E-state index is 5.35. The quantitative estimate of drug-likeness (QED) is 0.406. The van der Waals surface area contributed by atoms with Crippen LogP contribution in [0.15, 0.2) is 4.99 Å². The summed E-state index contributed by atoms with van der Waals surface area (Å²) in [5.74, 6) is 1.57. The molecule has 0 bridgehead atoms. The standard InChI is InChI=1S/C13H27N3O/c1-3-4-5-6-8-15-13(14-2)16-10-12-7-9-17-11-12/h12H,3-11H2,1-2H3,(H2,14,15,16). The van der Waals surface area contributed by atoms with Gasteiger partial charge < -0.3 is 15.4 Å². The molecule has 0 spiro atoms. The van der Waals surface area contributed by atoms with Crippen LogP contribution in [0, 0.1) is 5.92 Å². The van der Waals surface area contributed by atoms with Gasteiger partial charge in [-0.05, 0) is 12.8 Å². The summed E-state index contributed by atoms with van der Waals surface area (Å²) in [7, 11) is 1.83. The number of rotatable bonds is 7. The first kappa shape index (κ1) is 14.3. The lowest BCUT2D eigenvalue weighted by molar-refractivity contribution is 0.186. The summed E-state index contributed by atoms with van der Waals surface area (Å²) in [6.45, 7) is 6.02. The van der Waals surface area contributed by atoms with E-state index in [1.54, 1.807) is 0 Å². The fraction of sp³-hybridized carbons (Fsp3) is 0.923. The lowest BCUT2D eigenvalue weighted by atomic mass is 10.1. The van der Waals surface area contributed by atoms with E-state index in [2.05, 4.69) is 22.5 Å². The Hall–Kier alpha value is -0.770. The molecule has 1 aliphatic rings. The minimum atomic E-state index is 0.647. The van der Waals surface area contributed by atoms with Crippen molar-refractivity contribution < 1.29 is 4.74 Å². The summed E-state index contributed by atoms with van der Waals surface area (Å²) >= 11 is 0. The van der Waals surface area contributed by atoms with Crippen molar-refractivity contribution in [1.29, 1.82) is 0 Å². The van der Waals surface area contributed by atoms with Crippen molar-refractivity contribution in [1.82, 2.24) is 10.6 Å². The third kappa shape index (κ3) is 6.51. The maximum absolute atomic E-state index is 5.35. The molecule has 1 heterocycles. The van der Waals surface area contributed by atoms with Crippen molar-refractivity contribution in [2.24, 2.45) is 10.9 Å². The van der Waals surface area contributed by atoms with E-state index in [9.17, 15) is 0 Å². The van der Waals surface area contributed by atoms with Gasteiger partial charge >= 0.3 is 0 Å². The van der Waals surface area contributed by atoms with Crippen LogP contribution >= 0.6 is 0 Å². The van der Waals surface area contributed by atoms with E-state index in [1.165, 1.54) is 32.1 Å². The van der Waals surface area contributed by atoms with Crippen molar-refractivity contribution in [2.45, 2.75) is 39.0 Å². The Bertz CT molecular complexity index is 213. The van der Waals surface area contributed by atoms with E-state index in [-0.39, 0.29) is 0 Å². The van der Waals surface area contributed by atoms with Crippen molar-refractivity contribution in [3.05, 3.63) is 0 Å². The highest BCUT2D eigenvalue weighted by atomic mass is 16.5. The predicted octanol–water partition coefficient (Wildman–Crippen LogP) is 1.77. The largest absolute Gasteiger partial charge is 0.381 e. The number of unbranched alkanes of at least 4 members (excludes halogenated alkanes) is 3. The Balaban J connectivity index is 2.03. The number of hydrogen-bond donors (Lipinski definition) is 2. The third-order valence-electron chi connectivity index (χ3n) is 3.13. The number of ether oxygens (including phenoxy) is 1. The van der Waals surface area contributed by atoms with E-state index in [0.717, 1.165) is 32.3 Å². The van der Waals surface area contributed by atoms with Crippen LogP contribution in [0.4, 0.5) is 0 Å². The first-order chi connectivity index (χ1) is 8.36. The zero-order chi connectivity index (χ0) is 12.3. The summed E-state index contributed by atoms with van der Waals surface area (Å²) in [5, 5.41) is 6.71. The molecule has 1 aliphatic heterocycles. The minimum absolute atomic E-state index is 0.647. The summed E-state index contributed by atoms with van der Waals surface area (Å²) in [4.78, 5) is 4.22. The van der Waals surface area contributed by atoms with Crippen LogP contribution in [0.5, 0.6) is 0 Å². The minimum Gasteiger partial charge on any atom is -0.381 e. The zero-order valence-corrected chi connectivity index (χ0v) is 11.3. The van der Waals surface area contributed by atoms with Gasteiger partial charge in [-0.1, -0.05) is 26.2 Å². The number of hydrogen-bond acceptors (Lipinski definition) is 2. The number of aliphatic imine (C=N–C) groups is 1. The zero-order valence-electron chi connectivity index (χ0n) is 11.3.